The molecule has 2 heterocycles. The summed E-state index contributed by atoms with van der Waals surface area (Å²) in [6.07, 6.45) is 1.47. The molecule has 3 rings (SSSR count). The maximum atomic E-state index is 13.8. The van der Waals surface area contributed by atoms with E-state index in [4.69, 9.17) is 0 Å². The molecule has 0 saturated heterocycles. The van der Waals surface area contributed by atoms with Crippen molar-refractivity contribution in [1.29, 1.82) is 0 Å². The smallest absolute Gasteiger partial charge is 0.254 e. The van der Waals surface area contributed by atoms with Crippen molar-refractivity contribution >= 4 is 11.6 Å². The van der Waals surface area contributed by atoms with Crippen molar-refractivity contribution in [3.05, 3.63) is 53.2 Å². The lowest BCUT2D eigenvalue weighted by Gasteiger charge is -2.13. The second kappa shape index (κ2) is 6.29. The molecule has 7 heteroatoms. The number of anilines is 1. The zero-order valence-corrected chi connectivity index (χ0v) is 13.4. The van der Waals surface area contributed by atoms with Gasteiger partial charge in [0.15, 0.2) is 0 Å². The zero-order chi connectivity index (χ0) is 16.4. The number of halogens is 1. The molecular weight excluding hydrogens is 295 g/mol. The Morgan fingerprint density at radius 2 is 2.09 bits per heavy atom. The molecule has 3 aromatic rings. The van der Waals surface area contributed by atoms with E-state index in [0.29, 0.717) is 24.4 Å². The first-order chi connectivity index (χ1) is 11.0. The fourth-order valence-corrected chi connectivity index (χ4v) is 2.45. The summed E-state index contributed by atoms with van der Waals surface area (Å²) in [4.78, 5) is 10.3. The third-order valence-electron chi connectivity index (χ3n) is 3.45. The number of hydrogen-bond donors (Lipinski definition) is 1. The van der Waals surface area contributed by atoms with Crippen LogP contribution in [0.3, 0.4) is 0 Å². The Labute approximate surface area is 134 Å². The van der Waals surface area contributed by atoms with Crippen molar-refractivity contribution in [2.75, 3.05) is 19.4 Å². The maximum Gasteiger partial charge on any atom is 0.254 e. The summed E-state index contributed by atoms with van der Waals surface area (Å²) in [5.74, 6) is 1.18. The van der Waals surface area contributed by atoms with Gasteiger partial charge in [-0.25, -0.2) is 9.37 Å². The Morgan fingerprint density at radius 1 is 1.26 bits per heavy atom. The largest absolute Gasteiger partial charge is 0.366 e. The monoisotopic (exact) mass is 314 g/mol. The van der Waals surface area contributed by atoms with E-state index in [1.54, 1.807) is 10.6 Å². The molecule has 0 saturated carbocycles. The van der Waals surface area contributed by atoms with Gasteiger partial charge in [0.05, 0.1) is 0 Å². The lowest BCUT2D eigenvalue weighted by Crippen LogP contribution is -2.13. The first-order valence-corrected chi connectivity index (χ1v) is 7.36. The molecule has 2 aromatic heterocycles. The highest BCUT2D eigenvalue weighted by Crippen LogP contribution is 2.15. The summed E-state index contributed by atoms with van der Waals surface area (Å²) in [5, 5.41) is 7.47. The number of aromatic nitrogens is 4. The van der Waals surface area contributed by atoms with E-state index in [1.807, 2.05) is 38.1 Å². The molecule has 0 spiro atoms. The molecule has 6 nitrogen and oxygen atoms in total. The summed E-state index contributed by atoms with van der Waals surface area (Å²) in [6, 6.07) is 7.09. The lowest BCUT2D eigenvalue weighted by atomic mass is 10.1. The number of fused-ring (bicyclic) bond motifs is 1. The predicted octanol–water partition coefficient (Wildman–Crippen LogP) is 2.25. The van der Waals surface area contributed by atoms with E-state index in [-0.39, 0.29) is 5.82 Å². The molecule has 1 N–H and O–H groups in total. The van der Waals surface area contributed by atoms with E-state index >= 15 is 0 Å². The van der Waals surface area contributed by atoms with Gasteiger partial charge in [0.2, 0.25) is 0 Å². The van der Waals surface area contributed by atoms with Gasteiger partial charge in [-0.3, -0.25) is 0 Å². The molecule has 0 unspecified atom stereocenters. The predicted molar refractivity (Wildman–Crippen MR) is 86.6 cm³/mol. The molecule has 0 bridgehead atoms. The first-order valence-electron chi connectivity index (χ1n) is 7.36. The number of nitrogens with one attached hydrogen (secondary N) is 1. The lowest BCUT2D eigenvalue weighted by molar-refractivity contribution is 0.392. The SMILES string of the molecule is Cc1cc(NCc2ccc(F)c(CN(C)C)c2)n2ncnc2n1. The molecule has 0 aliphatic carbocycles. The Hall–Kier alpha value is -2.54. The van der Waals surface area contributed by atoms with Crippen molar-refractivity contribution < 1.29 is 4.39 Å². The van der Waals surface area contributed by atoms with Crippen molar-refractivity contribution in [3.63, 3.8) is 0 Å². The number of benzene rings is 1. The molecule has 0 fully saturated rings. The summed E-state index contributed by atoms with van der Waals surface area (Å²) in [7, 11) is 3.84. The summed E-state index contributed by atoms with van der Waals surface area (Å²) >= 11 is 0. The van der Waals surface area contributed by atoms with Gasteiger partial charge in [0, 0.05) is 30.4 Å². The molecule has 0 amide bonds. The van der Waals surface area contributed by atoms with Crippen molar-refractivity contribution in [2.24, 2.45) is 0 Å². The minimum Gasteiger partial charge on any atom is -0.366 e. The van der Waals surface area contributed by atoms with Gasteiger partial charge in [-0.1, -0.05) is 6.07 Å². The third-order valence-corrected chi connectivity index (χ3v) is 3.45. The Kier molecular flexibility index (Phi) is 4.20. The number of aryl methyl sites for hydroxylation is 1. The summed E-state index contributed by atoms with van der Waals surface area (Å²) < 4.78 is 15.5. The van der Waals surface area contributed by atoms with Crippen LogP contribution in [0.4, 0.5) is 10.2 Å². The first kappa shape index (κ1) is 15.4. The maximum absolute atomic E-state index is 13.8. The van der Waals surface area contributed by atoms with E-state index < -0.39 is 0 Å². The van der Waals surface area contributed by atoms with Gasteiger partial charge in [0.1, 0.15) is 18.0 Å². The molecule has 23 heavy (non-hydrogen) atoms. The zero-order valence-electron chi connectivity index (χ0n) is 13.4. The minimum atomic E-state index is -0.180. The van der Waals surface area contributed by atoms with Crippen LogP contribution in [-0.4, -0.2) is 38.6 Å². The van der Waals surface area contributed by atoms with Gasteiger partial charge in [-0.2, -0.15) is 14.6 Å². The average molecular weight is 314 g/mol. The summed E-state index contributed by atoms with van der Waals surface area (Å²) in [6.45, 7) is 3.05. The van der Waals surface area contributed by atoms with E-state index in [0.717, 1.165) is 17.1 Å². The fourth-order valence-electron chi connectivity index (χ4n) is 2.45. The van der Waals surface area contributed by atoms with Crippen LogP contribution in [0, 0.1) is 12.7 Å². The van der Waals surface area contributed by atoms with E-state index in [1.165, 1.54) is 12.4 Å². The van der Waals surface area contributed by atoms with Crippen LogP contribution < -0.4 is 5.32 Å². The highest BCUT2D eigenvalue weighted by molar-refractivity contribution is 5.45. The molecule has 1 aromatic carbocycles. The Bertz CT molecular complexity index is 827. The Morgan fingerprint density at radius 3 is 2.87 bits per heavy atom. The second-order valence-electron chi connectivity index (χ2n) is 5.77. The van der Waals surface area contributed by atoms with Crippen molar-refractivity contribution in [3.8, 4) is 0 Å². The second-order valence-corrected chi connectivity index (χ2v) is 5.77. The van der Waals surface area contributed by atoms with Crippen molar-refractivity contribution in [1.82, 2.24) is 24.5 Å². The average Bonchev–Trinajstić information content (AvgIpc) is 2.95. The number of hydrogen-bond acceptors (Lipinski definition) is 5. The van der Waals surface area contributed by atoms with Crippen LogP contribution in [0.1, 0.15) is 16.8 Å². The number of rotatable bonds is 5. The summed E-state index contributed by atoms with van der Waals surface area (Å²) in [5.41, 5.74) is 2.55. The van der Waals surface area contributed by atoms with Gasteiger partial charge >= 0.3 is 0 Å². The molecule has 0 aliphatic rings. The Balaban J connectivity index is 1.81. The molecule has 120 valence electrons. The van der Waals surface area contributed by atoms with Crippen molar-refractivity contribution in [2.45, 2.75) is 20.0 Å². The highest BCUT2D eigenvalue weighted by atomic mass is 19.1. The van der Waals surface area contributed by atoms with E-state index in [2.05, 4.69) is 20.4 Å². The normalized spacial score (nSPS) is 11.3. The van der Waals surface area contributed by atoms with Crippen LogP contribution in [0.2, 0.25) is 0 Å². The number of nitrogens with zero attached hydrogens (tertiary/aromatic N) is 5. The molecule has 0 aliphatic heterocycles. The molecule has 0 radical (unpaired) electrons. The van der Waals surface area contributed by atoms with Crippen LogP contribution in [0.25, 0.3) is 5.78 Å². The van der Waals surface area contributed by atoms with Gasteiger partial charge in [0.25, 0.3) is 5.78 Å². The fraction of sp³-hybridized carbons (Fsp3) is 0.312. The highest BCUT2D eigenvalue weighted by Gasteiger charge is 2.07. The molecular formula is C16H19FN6. The van der Waals surface area contributed by atoms with Gasteiger partial charge in [-0.15, -0.1) is 0 Å². The minimum absolute atomic E-state index is 0.180. The van der Waals surface area contributed by atoms with Crippen LogP contribution in [0.15, 0.2) is 30.6 Å². The standard InChI is InChI=1S/C16H19FN6/c1-11-6-15(23-16(21-11)19-10-20-23)18-8-12-4-5-14(17)13(7-12)9-22(2)3/h4-7,10,18H,8-9H2,1-3H3. The van der Waals surface area contributed by atoms with Crippen LogP contribution in [-0.2, 0) is 13.1 Å². The van der Waals surface area contributed by atoms with Gasteiger partial charge in [-0.05, 0) is 38.7 Å². The topological polar surface area (TPSA) is 58.4 Å². The van der Waals surface area contributed by atoms with Crippen LogP contribution >= 0.6 is 0 Å². The third kappa shape index (κ3) is 3.45. The van der Waals surface area contributed by atoms with Crippen LogP contribution in [0.5, 0.6) is 0 Å². The quantitative estimate of drug-likeness (QED) is 0.783. The van der Waals surface area contributed by atoms with Gasteiger partial charge < -0.3 is 10.2 Å². The molecule has 0 atom stereocenters. The van der Waals surface area contributed by atoms with E-state index in [9.17, 15) is 4.39 Å².